The van der Waals surface area contributed by atoms with E-state index in [-0.39, 0.29) is 0 Å². The molecule has 0 fully saturated rings. The van der Waals surface area contributed by atoms with Gasteiger partial charge in [-0.25, -0.2) is 4.21 Å². The van der Waals surface area contributed by atoms with Crippen molar-refractivity contribution in [1.82, 2.24) is 10.2 Å². The number of rotatable bonds is 1. The van der Waals surface area contributed by atoms with E-state index in [1.807, 2.05) is 6.07 Å². The molecule has 62 valence electrons. The van der Waals surface area contributed by atoms with E-state index in [1.54, 1.807) is 18.3 Å². The second-order valence-corrected chi connectivity index (χ2v) is 3.28. The smallest absolute Gasteiger partial charge is 0.188 e. The van der Waals surface area contributed by atoms with Crippen molar-refractivity contribution in [2.75, 3.05) is 0 Å². The first kappa shape index (κ1) is 7.45. The van der Waals surface area contributed by atoms with Gasteiger partial charge in [0.2, 0.25) is 0 Å². The molecule has 1 unspecified atom stereocenters. The summed E-state index contributed by atoms with van der Waals surface area (Å²) in [4.78, 5) is 0.366. The summed E-state index contributed by atoms with van der Waals surface area (Å²) in [6.45, 7) is 0. The van der Waals surface area contributed by atoms with Gasteiger partial charge in [0.25, 0.3) is 0 Å². The topological polar surface area (TPSA) is 66.0 Å². The van der Waals surface area contributed by atoms with Gasteiger partial charge in [0, 0.05) is 5.39 Å². The number of hydrogen-bond donors (Lipinski definition) is 2. The van der Waals surface area contributed by atoms with Gasteiger partial charge in [0.05, 0.1) is 16.6 Å². The summed E-state index contributed by atoms with van der Waals surface area (Å²) in [6.07, 6.45) is 1.62. The lowest BCUT2D eigenvalue weighted by Gasteiger charge is -1.94. The van der Waals surface area contributed by atoms with Gasteiger partial charge in [-0.3, -0.25) is 5.10 Å². The Hall–Kier alpha value is -1.20. The molecule has 0 aliphatic carbocycles. The third kappa shape index (κ3) is 1.03. The zero-order valence-electron chi connectivity index (χ0n) is 6.02. The van der Waals surface area contributed by atoms with E-state index in [4.69, 9.17) is 4.55 Å². The number of aromatic nitrogens is 2. The Balaban J connectivity index is 2.82. The molecule has 12 heavy (non-hydrogen) atoms. The molecule has 1 aromatic carbocycles. The van der Waals surface area contributed by atoms with E-state index < -0.39 is 11.1 Å². The average Bonchev–Trinajstić information content (AvgIpc) is 2.49. The van der Waals surface area contributed by atoms with Gasteiger partial charge in [0.1, 0.15) is 0 Å². The Kier molecular flexibility index (Phi) is 1.67. The molecule has 2 N–H and O–H groups in total. The average molecular weight is 182 g/mol. The monoisotopic (exact) mass is 182 g/mol. The van der Waals surface area contributed by atoms with Crippen LogP contribution >= 0.6 is 0 Å². The van der Waals surface area contributed by atoms with Crippen molar-refractivity contribution in [3.63, 3.8) is 0 Å². The van der Waals surface area contributed by atoms with Crippen molar-refractivity contribution in [3.05, 3.63) is 24.4 Å². The van der Waals surface area contributed by atoms with Gasteiger partial charge in [-0.2, -0.15) is 5.10 Å². The summed E-state index contributed by atoms with van der Waals surface area (Å²) in [5.41, 5.74) is 0.623. The molecule has 0 radical (unpaired) electrons. The maximum absolute atomic E-state index is 10.8. The number of nitrogens with one attached hydrogen (secondary N) is 1. The maximum Gasteiger partial charge on any atom is 0.188 e. The van der Waals surface area contributed by atoms with Crippen molar-refractivity contribution in [2.24, 2.45) is 0 Å². The van der Waals surface area contributed by atoms with Gasteiger partial charge in [-0.05, 0) is 6.07 Å². The summed E-state index contributed by atoms with van der Waals surface area (Å²) in [7, 11) is 0. The van der Waals surface area contributed by atoms with Crippen molar-refractivity contribution >= 4 is 22.0 Å². The fraction of sp³-hybridized carbons (Fsp3) is 0. The van der Waals surface area contributed by atoms with E-state index in [0.717, 1.165) is 5.39 Å². The molecule has 5 heteroatoms. The van der Waals surface area contributed by atoms with E-state index in [2.05, 4.69) is 10.2 Å². The first-order chi connectivity index (χ1) is 5.79. The van der Waals surface area contributed by atoms with E-state index in [9.17, 15) is 4.21 Å². The molecule has 0 bridgehead atoms. The molecule has 0 spiro atoms. The molecular weight excluding hydrogens is 176 g/mol. The number of benzene rings is 1. The largest absolute Gasteiger partial charge is 0.302 e. The van der Waals surface area contributed by atoms with Crippen LogP contribution in [0.3, 0.4) is 0 Å². The molecular formula is C7H6N2O2S. The third-order valence-electron chi connectivity index (χ3n) is 1.63. The predicted molar refractivity (Wildman–Crippen MR) is 45.1 cm³/mol. The highest BCUT2D eigenvalue weighted by Crippen LogP contribution is 2.17. The summed E-state index contributed by atoms with van der Waals surface area (Å²) >= 11 is -1.95. The third-order valence-corrected chi connectivity index (χ3v) is 2.34. The van der Waals surface area contributed by atoms with Gasteiger partial charge in [0.15, 0.2) is 11.1 Å². The zero-order valence-corrected chi connectivity index (χ0v) is 6.84. The number of para-hydroxylation sites is 1. The normalized spacial score (nSPS) is 13.4. The zero-order chi connectivity index (χ0) is 8.55. The lowest BCUT2D eigenvalue weighted by Crippen LogP contribution is -1.88. The van der Waals surface area contributed by atoms with Crippen LogP contribution in [0.2, 0.25) is 0 Å². The summed E-state index contributed by atoms with van der Waals surface area (Å²) in [5, 5.41) is 7.28. The van der Waals surface area contributed by atoms with Crippen molar-refractivity contribution in [1.29, 1.82) is 0 Å². The van der Waals surface area contributed by atoms with Crippen LogP contribution in [-0.4, -0.2) is 19.0 Å². The lowest BCUT2D eigenvalue weighted by atomic mass is 10.3. The molecule has 0 saturated carbocycles. The van der Waals surface area contributed by atoms with Crippen LogP contribution in [0.1, 0.15) is 0 Å². The maximum atomic E-state index is 10.8. The van der Waals surface area contributed by atoms with Crippen molar-refractivity contribution < 1.29 is 8.76 Å². The second-order valence-electron chi connectivity index (χ2n) is 2.34. The minimum atomic E-state index is -1.95. The van der Waals surface area contributed by atoms with Crippen LogP contribution in [0.4, 0.5) is 0 Å². The Bertz CT molecular complexity index is 438. The molecule has 1 heterocycles. The first-order valence-electron chi connectivity index (χ1n) is 3.32. The Morgan fingerprint density at radius 1 is 1.50 bits per heavy atom. The molecule has 2 aromatic rings. The number of aromatic amines is 1. The predicted octanol–water partition coefficient (Wildman–Crippen LogP) is 1.14. The fourth-order valence-corrected chi connectivity index (χ4v) is 1.62. The fourth-order valence-electron chi connectivity index (χ4n) is 1.09. The van der Waals surface area contributed by atoms with E-state index in [1.165, 1.54) is 0 Å². The Morgan fingerprint density at radius 2 is 2.33 bits per heavy atom. The van der Waals surface area contributed by atoms with Crippen molar-refractivity contribution in [3.8, 4) is 0 Å². The van der Waals surface area contributed by atoms with Crippen LogP contribution in [0.25, 0.3) is 10.9 Å². The van der Waals surface area contributed by atoms with Crippen LogP contribution in [0, 0.1) is 0 Å². The van der Waals surface area contributed by atoms with Crippen molar-refractivity contribution in [2.45, 2.75) is 4.90 Å². The highest BCUT2D eigenvalue weighted by molar-refractivity contribution is 7.79. The Labute approximate surface area is 70.9 Å². The molecule has 0 amide bonds. The highest BCUT2D eigenvalue weighted by Gasteiger charge is 2.06. The molecule has 4 nitrogen and oxygen atoms in total. The van der Waals surface area contributed by atoms with Gasteiger partial charge >= 0.3 is 0 Å². The van der Waals surface area contributed by atoms with Crippen LogP contribution in [0.5, 0.6) is 0 Å². The molecule has 0 aliphatic heterocycles. The van der Waals surface area contributed by atoms with Crippen LogP contribution in [-0.2, 0) is 11.1 Å². The van der Waals surface area contributed by atoms with Crippen LogP contribution in [0.15, 0.2) is 29.3 Å². The molecule has 1 aromatic heterocycles. The number of hydrogen-bond acceptors (Lipinski definition) is 2. The minimum absolute atomic E-state index is 0.366. The molecule has 0 aliphatic rings. The summed E-state index contributed by atoms with van der Waals surface area (Å²) < 4.78 is 19.6. The first-order valence-corrected chi connectivity index (χ1v) is 4.42. The summed E-state index contributed by atoms with van der Waals surface area (Å²) in [5.74, 6) is 0. The molecule has 1 atom stereocenters. The number of nitrogens with zero attached hydrogens (tertiary/aromatic N) is 1. The van der Waals surface area contributed by atoms with Gasteiger partial charge in [-0.1, -0.05) is 12.1 Å². The number of H-pyrrole nitrogens is 1. The molecule has 0 saturated heterocycles. The SMILES string of the molecule is O=S(O)c1cccc2cn[nH]c12. The quantitative estimate of drug-likeness (QED) is 0.650. The van der Waals surface area contributed by atoms with E-state index in [0.29, 0.717) is 10.4 Å². The standard InChI is InChI=1S/C7H6N2O2S/c10-12(11)6-3-1-2-5-4-8-9-7(5)6/h1-4H,(H,8,9)(H,10,11). The van der Waals surface area contributed by atoms with Gasteiger partial charge in [-0.15, -0.1) is 0 Å². The molecule has 2 rings (SSSR count). The number of fused-ring (bicyclic) bond motifs is 1. The van der Waals surface area contributed by atoms with Crippen LogP contribution < -0.4 is 0 Å². The highest BCUT2D eigenvalue weighted by atomic mass is 32.2. The van der Waals surface area contributed by atoms with Gasteiger partial charge < -0.3 is 4.55 Å². The second kappa shape index (κ2) is 2.69. The minimum Gasteiger partial charge on any atom is -0.302 e. The lowest BCUT2D eigenvalue weighted by molar-refractivity contribution is 0.565. The summed E-state index contributed by atoms with van der Waals surface area (Å²) in [6, 6.07) is 5.15. The Morgan fingerprint density at radius 3 is 3.08 bits per heavy atom. The van der Waals surface area contributed by atoms with E-state index >= 15 is 0 Å².